The van der Waals surface area contributed by atoms with Gasteiger partial charge in [0.1, 0.15) is 0 Å². The number of aliphatic hydroxyl groups excluding tert-OH is 1. The monoisotopic (exact) mass is 264 g/mol. The van der Waals surface area contributed by atoms with Crippen LogP contribution in [0.4, 0.5) is 0 Å². The molecule has 0 radical (unpaired) electrons. The van der Waals surface area contributed by atoms with Gasteiger partial charge in [-0.25, -0.2) is 0 Å². The molecule has 3 rings (SSSR count). The lowest BCUT2D eigenvalue weighted by molar-refractivity contribution is -0.905. The van der Waals surface area contributed by atoms with Crippen molar-refractivity contribution >= 4 is 0 Å². The molecule has 104 valence electrons. The van der Waals surface area contributed by atoms with Gasteiger partial charge < -0.3 is 19.5 Å². The van der Waals surface area contributed by atoms with Crippen LogP contribution in [0.15, 0.2) is 18.2 Å². The molecule has 0 spiro atoms. The molecule has 4 heteroatoms. The molecule has 2 N–H and O–H groups in total. The van der Waals surface area contributed by atoms with Crippen LogP contribution in [0.2, 0.25) is 0 Å². The van der Waals surface area contributed by atoms with Crippen molar-refractivity contribution in [1.82, 2.24) is 0 Å². The van der Waals surface area contributed by atoms with Crippen LogP contribution >= 0.6 is 0 Å². The average Bonchev–Trinajstić information content (AvgIpc) is 2.93. The van der Waals surface area contributed by atoms with Crippen molar-refractivity contribution in [2.24, 2.45) is 0 Å². The fraction of sp³-hybridized carbons (Fsp3) is 0.600. The first-order valence-electron chi connectivity index (χ1n) is 7.24. The molecule has 19 heavy (non-hydrogen) atoms. The van der Waals surface area contributed by atoms with Crippen molar-refractivity contribution in [2.45, 2.75) is 31.8 Å². The molecule has 4 nitrogen and oxygen atoms in total. The van der Waals surface area contributed by atoms with Gasteiger partial charge in [-0.1, -0.05) is 6.07 Å². The van der Waals surface area contributed by atoms with Crippen molar-refractivity contribution in [3.8, 4) is 11.5 Å². The van der Waals surface area contributed by atoms with Crippen molar-refractivity contribution in [3.63, 3.8) is 0 Å². The van der Waals surface area contributed by atoms with Crippen LogP contribution in [-0.4, -0.2) is 31.5 Å². The highest BCUT2D eigenvalue weighted by atomic mass is 16.7. The van der Waals surface area contributed by atoms with Crippen molar-refractivity contribution in [3.05, 3.63) is 23.8 Å². The van der Waals surface area contributed by atoms with Gasteiger partial charge in [0, 0.05) is 6.42 Å². The maximum absolute atomic E-state index is 10.3. The van der Waals surface area contributed by atoms with Gasteiger partial charge in [0.25, 0.3) is 0 Å². The Kier molecular flexibility index (Phi) is 3.89. The van der Waals surface area contributed by atoms with Gasteiger partial charge in [-0.3, -0.25) is 0 Å². The molecule has 1 aromatic carbocycles. The SMILES string of the molecule is O[C@@H](CC[NH+]1CCCCC1)c1ccc2c(c1)OCO2. The number of likely N-dealkylation sites (tertiary alicyclic amines) is 1. The number of nitrogens with one attached hydrogen (secondary N) is 1. The number of fused-ring (bicyclic) bond motifs is 1. The fourth-order valence-electron chi connectivity index (χ4n) is 2.93. The van der Waals surface area contributed by atoms with E-state index in [1.165, 1.54) is 32.4 Å². The second-order valence-electron chi connectivity index (χ2n) is 5.48. The van der Waals surface area contributed by atoms with Crippen molar-refractivity contribution in [2.75, 3.05) is 26.4 Å². The molecular formula is C15H22NO3+. The summed E-state index contributed by atoms with van der Waals surface area (Å²) in [6, 6.07) is 5.72. The molecule has 0 bridgehead atoms. The first-order chi connectivity index (χ1) is 9.33. The molecule has 1 atom stereocenters. The minimum Gasteiger partial charge on any atom is -0.454 e. The van der Waals surface area contributed by atoms with Crippen LogP contribution in [0, 0.1) is 0 Å². The van der Waals surface area contributed by atoms with Crippen LogP contribution in [0.25, 0.3) is 0 Å². The summed E-state index contributed by atoms with van der Waals surface area (Å²) in [6.45, 7) is 3.85. The third-order valence-electron chi connectivity index (χ3n) is 4.11. The van der Waals surface area contributed by atoms with E-state index in [9.17, 15) is 5.11 Å². The number of quaternary nitrogens is 1. The Bertz CT molecular complexity index is 429. The smallest absolute Gasteiger partial charge is 0.231 e. The number of piperidine rings is 1. The Morgan fingerprint density at radius 2 is 1.89 bits per heavy atom. The van der Waals surface area contributed by atoms with E-state index in [4.69, 9.17) is 9.47 Å². The van der Waals surface area contributed by atoms with Gasteiger partial charge >= 0.3 is 0 Å². The van der Waals surface area contributed by atoms with Crippen LogP contribution in [0.1, 0.15) is 37.4 Å². The first-order valence-corrected chi connectivity index (χ1v) is 7.24. The summed E-state index contributed by atoms with van der Waals surface area (Å²) >= 11 is 0. The largest absolute Gasteiger partial charge is 0.454 e. The molecule has 0 unspecified atom stereocenters. The number of hydrogen-bond acceptors (Lipinski definition) is 3. The summed E-state index contributed by atoms with van der Waals surface area (Å²) < 4.78 is 10.6. The molecule has 0 aliphatic carbocycles. The van der Waals surface area contributed by atoms with E-state index < -0.39 is 6.10 Å². The maximum atomic E-state index is 10.3. The zero-order chi connectivity index (χ0) is 13.1. The summed E-state index contributed by atoms with van der Waals surface area (Å²) in [5, 5.41) is 10.3. The minimum absolute atomic E-state index is 0.285. The highest BCUT2D eigenvalue weighted by molar-refractivity contribution is 5.45. The Morgan fingerprint density at radius 1 is 1.11 bits per heavy atom. The van der Waals surface area contributed by atoms with E-state index in [-0.39, 0.29) is 6.79 Å². The van der Waals surface area contributed by atoms with Crippen LogP contribution in [0.3, 0.4) is 0 Å². The second kappa shape index (κ2) is 5.80. The Balaban J connectivity index is 1.56. The predicted molar refractivity (Wildman–Crippen MR) is 71.6 cm³/mol. The molecule has 0 saturated carbocycles. The number of hydrogen-bond donors (Lipinski definition) is 2. The Hall–Kier alpha value is -1.26. The van der Waals surface area contributed by atoms with E-state index in [0.717, 1.165) is 30.0 Å². The molecule has 1 saturated heterocycles. The third-order valence-corrected chi connectivity index (χ3v) is 4.11. The zero-order valence-electron chi connectivity index (χ0n) is 11.2. The summed E-state index contributed by atoms with van der Waals surface area (Å²) in [5.74, 6) is 1.53. The first kappa shape index (κ1) is 12.8. The molecule has 2 aliphatic rings. The van der Waals surface area contributed by atoms with E-state index in [1.54, 1.807) is 4.90 Å². The molecule has 2 heterocycles. The number of ether oxygens (including phenoxy) is 2. The molecule has 1 aromatic rings. The van der Waals surface area contributed by atoms with Crippen LogP contribution in [0.5, 0.6) is 11.5 Å². The topological polar surface area (TPSA) is 43.1 Å². The minimum atomic E-state index is -0.399. The molecule has 2 aliphatic heterocycles. The normalized spacial score (nSPS) is 20.5. The van der Waals surface area contributed by atoms with E-state index in [0.29, 0.717) is 0 Å². The lowest BCUT2D eigenvalue weighted by Gasteiger charge is -2.24. The van der Waals surface area contributed by atoms with Gasteiger partial charge in [-0.05, 0) is 37.0 Å². The quantitative estimate of drug-likeness (QED) is 0.849. The lowest BCUT2D eigenvalue weighted by Crippen LogP contribution is -3.12. The van der Waals surface area contributed by atoms with Gasteiger partial charge in [0.05, 0.1) is 25.7 Å². The van der Waals surface area contributed by atoms with Gasteiger partial charge in [-0.2, -0.15) is 0 Å². The molecule has 1 fully saturated rings. The summed E-state index contributed by atoms with van der Waals surface area (Å²) in [4.78, 5) is 1.63. The number of aliphatic hydroxyl groups is 1. The van der Waals surface area contributed by atoms with E-state index >= 15 is 0 Å². The van der Waals surface area contributed by atoms with Gasteiger partial charge in [0.15, 0.2) is 11.5 Å². The Labute approximate surface area is 113 Å². The molecule has 0 aromatic heterocycles. The Morgan fingerprint density at radius 3 is 2.74 bits per heavy atom. The third kappa shape index (κ3) is 3.01. The average molecular weight is 264 g/mol. The lowest BCUT2D eigenvalue weighted by atomic mass is 10.0. The zero-order valence-corrected chi connectivity index (χ0v) is 11.2. The highest BCUT2D eigenvalue weighted by Crippen LogP contribution is 2.34. The van der Waals surface area contributed by atoms with E-state index in [2.05, 4.69) is 0 Å². The number of rotatable bonds is 4. The van der Waals surface area contributed by atoms with Crippen LogP contribution in [-0.2, 0) is 0 Å². The second-order valence-corrected chi connectivity index (χ2v) is 5.48. The fourth-order valence-corrected chi connectivity index (χ4v) is 2.93. The highest BCUT2D eigenvalue weighted by Gasteiger charge is 2.19. The summed E-state index contributed by atoms with van der Waals surface area (Å²) in [6.07, 6.45) is 4.44. The standard InChI is InChI=1S/C15H21NO3/c17-13(6-9-16-7-2-1-3-8-16)12-4-5-14-15(10-12)19-11-18-14/h4-5,10,13,17H,1-3,6-9,11H2/p+1/t13-/m0/s1. The van der Waals surface area contributed by atoms with Crippen LogP contribution < -0.4 is 14.4 Å². The van der Waals surface area contributed by atoms with Crippen molar-refractivity contribution in [1.29, 1.82) is 0 Å². The van der Waals surface area contributed by atoms with Crippen molar-refractivity contribution < 1.29 is 19.5 Å². The summed E-state index contributed by atoms with van der Waals surface area (Å²) in [5.41, 5.74) is 0.931. The predicted octanol–water partition coefficient (Wildman–Crippen LogP) is 0.908. The maximum Gasteiger partial charge on any atom is 0.231 e. The molecular weight excluding hydrogens is 242 g/mol. The molecule has 0 amide bonds. The van der Waals surface area contributed by atoms with Gasteiger partial charge in [-0.15, -0.1) is 0 Å². The van der Waals surface area contributed by atoms with Gasteiger partial charge in [0.2, 0.25) is 6.79 Å². The number of benzene rings is 1. The summed E-state index contributed by atoms with van der Waals surface area (Å²) in [7, 11) is 0. The van der Waals surface area contributed by atoms with E-state index in [1.807, 2.05) is 18.2 Å².